The van der Waals surface area contributed by atoms with Crippen molar-refractivity contribution >= 4 is 17.9 Å². The highest BCUT2D eigenvalue weighted by Crippen LogP contribution is 2.18. The standard InChI is InChI=1S/C72H128O6/c1-4-7-10-13-16-19-22-25-28-29-30-31-32-33-34-35-36-37-38-39-40-41-42-45-47-50-53-56-59-62-65-71(74)77-68-69(78-72(75)66-63-60-57-54-51-48-44-27-24-21-18-15-12-9-6-3)67-76-70(73)64-61-58-55-52-49-46-43-26-23-20-17-14-11-8-5-2/h9,12,17-18,20-21,26-27,43-44,51,54,69H,4-8,10-11,13-16,19,22-25,28-42,45-50,52-53,55-68H2,1-3H3/b12-9-,20-17-,21-18-,43-26-,44-27-,54-51-. The van der Waals surface area contributed by atoms with E-state index >= 15 is 0 Å². The van der Waals surface area contributed by atoms with Gasteiger partial charge in [-0.05, 0) is 89.9 Å². The average Bonchev–Trinajstić information content (AvgIpc) is 3.44. The van der Waals surface area contributed by atoms with E-state index in [1.807, 2.05) is 0 Å². The number of carbonyl (C=O) groups excluding carboxylic acids is 3. The molecular formula is C72H128O6. The molecule has 0 aliphatic heterocycles. The van der Waals surface area contributed by atoms with E-state index in [4.69, 9.17) is 14.2 Å². The van der Waals surface area contributed by atoms with Crippen molar-refractivity contribution < 1.29 is 28.6 Å². The Bertz CT molecular complexity index is 1440. The summed E-state index contributed by atoms with van der Waals surface area (Å²) in [5, 5.41) is 0. The van der Waals surface area contributed by atoms with Crippen LogP contribution in [0, 0.1) is 0 Å². The van der Waals surface area contributed by atoms with Crippen LogP contribution >= 0.6 is 0 Å². The van der Waals surface area contributed by atoms with Crippen molar-refractivity contribution in [2.45, 2.75) is 354 Å². The predicted octanol–water partition coefficient (Wildman–Crippen LogP) is 23.3. The summed E-state index contributed by atoms with van der Waals surface area (Å²) in [5.74, 6) is -0.935. The average molecular weight is 1090 g/mol. The van der Waals surface area contributed by atoms with Crippen molar-refractivity contribution in [1.29, 1.82) is 0 Å². The summed E-state index contributed by atoms with van der Waals surface area (Å²) in [6.07, 6.45) is 86.6. The zero-order valence-electron chi connectivity index (χ0n) is 51.9. The number of rotatable bonds is 62. The van der Waals surface area contributed by atoms with Gasteiger partial charge in [0.25, 0.3) is 0 Å². The zero-order chi connectivity index (χ0) is 56.4. The lowest BCUT2D eigenvalue weighted by molar-refractivity contribution is -0.167. The Morgan fingerprint density at radius 2 is 0.500 bits per heavy atom. The molecule has 6 nitrogen and oxygen atoms in total. The van der Waals surface area contributed by atoms with Crippen LogP contribution in [0.3, 0.4) is 0 Å². The summed E-state index contributed by atoms with van der Waals surface area (Å²) in [5.41, 5.74) is 0. The van der Waals surface area contributed by atoms with Gasteiger partial charge in [-0.25, -0.2) is 0 Å². The lowest BCUT2D eigenvalue weighted by atomic mass is 10.0. The Morgan fingerprint density at radius 1 is 0.269 bits per heavy atom. The summed E-state index contributed by atoms with van der Waals surface area (Å²) in [7, 11) is 0. The smallest absolute Gasteiger partial charge is 0.306 e. The van der Waals surface area contributed by atoms with Crippen LogP contribution < -0.4 is 0 Å². The molecule has 0 saturated heterocycles. The molecule has 0 bridgehead atoms. The second-order valence-corrected chi connectivity index (χ2v) is 22.7. The van der Waals surface area contributed by atoms with E-state index in [0.717, 1.165) is 103 Å². The molecule has 0 aromatic rings. The zero-order valence-corrected chi connectivity index (χ0v) is 51.9. The Balaban J connectivity index is 4.21. The topological polar surface area (TPSA) is 78.9 Å². The van der Waals surface area contributed by atoms with Crippen LogP contribution in [0.25, 0.3) is 0 Å². The molecule has 0 fully saturated rings. The van der Waals surface area contributed by atoms with E-state index < -0.39 is 6.10 Å². The summed E-state index contributed by atoms with van der Waals surface area (Å²) in [6.45, 7) is 6.50. The van der Waals surface area contributed by atoms with Gasteiger partial charge in [0.15, 0.2) is 6.10 Å². The monoisotopic (exact) mass is 1090 g/mol. The Morgan fingerprint density at radius 3 is 0.833 bits per heavy atom. The van der Waals surface area contributed by atoms with Crippen LogP contribution in [0.15, 0.2) is 72.9 Å². The van der Waals surface area contributed by atoms with Gasteiger partial charge >= 0.3 is 17.9 Å². The summed E-state index contributed by atoms with van der Waals surface area (Å²) < 4.78 is 16.9. The van der Waals surface area contributed by atoms with Crippen molar-refractivity contribution in [3.05, 3.63) is 72.9 Å². The molecule has 6 heteroatoms. The summed E-state index contributed by atoms with van der Waals surface area (Å²) in [6, 6.07) is 0. The maximum absolute atomic E-state index is 12.9. The molecule has 0 rings (SSSR count). The van der Waals surface area contributed by atoms with E-state index in [1.165, 1.54) is 199 Å². The Labute approximate surface area is 484 Å². The molecule has 0 amide bonds. The SMILES string of the molecule is CC/C=C\C/C=C\C/C=C\C/C=C\CCCCC(=O)OC(COC(=O)CCCCCCC/C=C\C/C=C\CCCCC)COC(=O)CCCCCCCCCCCCCCCCCCCCCCCCCCCCCCCC. The van der Waals surface area contributed by atoms with Gasteiger partial charge in [0.1, 0.15) is 13.2 Å². The molecular weight excluding hydrogens is 961 g/mol. The first-order valence-electron chi connectivity index (χ1n) is 33.9. The summed E-state index contributed by atoms with van der Waals surface area (Å²) in [4.78, 5) is 38.3. The third-order valence-corrected chi connectivity index (χ3v) is 14.9. The molecule has 0 spiro atoms. The molecule has 0 aromatic carbocycles. The van der Waals surface area contributed by atoms with Crippen molar-refractivity contribution in [3.8, 4) is 0 Å². The molecule has 0 heterocycles. The number of allylic oxidation sites excluding steroid dienone is 12. The van der Waals surface area contributed by atoms with Crippen LogP contribution in [-0.2, 0) is 28.6 Å². The number of carbonyl (C=O) groups is 3. The molecule has 1 unspecified atom stereocenters. The van der Waals surface area contributed by atoms with Crippen LogP contribution in [0.5, 0.6) is 0 Å². The fourth-order valence-electron chi connectivity index (χ4n) is 9.88. The molecule has 0 aliphatic carbocycles. The maximum Gasteiger partial charge on any atom is 0.306 e. The van der Waals surface area contributed by atoms with Gasteiger partial charge < -0.3 is 14.2 Å². The minimum Gasteiger partial charge on any atom is -0.462 e. The highest BCUT2D eigenvalue weighted by atomic mass is 16.6. The van der Waals surface area contributed by atoms with Crippen molar-refractivity contribution in [2.24, 2.45) is 0 Å². The van der Waals surface area contributed by atoms with Crippen molar-refractivity contribution in [2.75, 3.05) is 13.2 Å². The molecule has 452 valence electrons. The van der Waals surface area contributed by atoms with Gasteiger partial charge in [-0.1, -0.05) is 312 Å². The number of hydrogen-bond donors (Lipinski definition) is 0. The molecule has 0 radical (unpaired) electrons. The molecule has 0 aromatic heterocycles. The number of ether oxygens (including phenoxy) is 3. The lowest BCUT2D eigenvalue weighted by Gasteiger charge is -2.18. The minimum absolute atomic E-state index is 0.0942. The molecule has 0 saturated carbocycles. The van der Waals surface area contributed by atoms with Gasteiger partial charge in [-0.3, -0.25) is 14.4 Å². The second kappa shape index (κ2) is 66.4. The van der Waals surface area contributed by atoms with E-state index in [9.17, 15) is 14.4 Å². The summed E-state index contributed by atoms with van der Waals surface area (Å²) >= 11 is 0. The minimum atomic E-state index is -0.803. The molecule has 1 atom stereocenters. The Hall–Kier alpha value is -3.15. The largest absolute Gasteiger partial charge is 0.462 e. The van der Waals surface area contributed by atoms with Gasteiger partial charge in [-0.2, -0.15) is 0 Å². The quantitative estimate of drug-likeness (QED) is 0.0261. The van der Waals surface area contributed by atoms with E-state index in [2.05, 4.69) is 93.7 Å². The van der Waals surface area contributed by atoms with Crippen LogP contribution in [0.4, 0.5) is 0 Å². The van der Waals surface area contributed by atoms with Gasteiger partial charge in [0.2, 0.25) is 0 Å². The van der Waals surface area contributed by atoms with Gasteiger partial charge in [0.05, 0.1) is 0 Å². The first kappa shape index (κ1) is 74.8. The van der Waals surface area contributed by atoms with Gasteiger partial charge in [-0.15, -0.1) is 0 Å². The fraction of sp³-hybridized carbons (Fsp3) is 0.792. The van der Waals surface area contributed by atoms with Crippen molar-refractivity contribution in [3.63, 3.8) is 0 Å². The fourth-order valence-corrected chi connectivity index (χ4v) is 9.88. The predicted molar refractivity (Wildman–Crippen MR) is 339 cm³/mol. The molecule has 0 aliphatic rings. The Kier molecular flexibility index (Phi) is 63.7. The van der Waals surface area contributed by atoms with E-state index in [-0.39, 0.29) is 37.5 Å². The van der Waals surface area contributed by atoms with Crippen molar-refractivity contribution in [1.82, 2.24) is 0 Å². The van der Waals surface area contributed by atoms with E-state index in [0.29, 0.717) is 19.3 Å². The third kappa shape index (κ3) is 63.7. The van der Waals surface area contributed by atoms with E-state index in [1.54, 1.807) is 0 Å². The van der Waals surface area contributed by atoms with Crippen LogP contribution in [0.2, 0.25) is 0 Å². The van der Waals surface area contributed by atoms with Crippen LogP contribution in [-0.4, -0.2) is 37.2 Å². The highest BCUT2D eigenvalue weighted by Gasteiger charge is 2.19. The molecule has 78 heavy (non-hydrogen) atoms. The normalized spacial score (nSPS) is 12.5. The highest BCUT2D eigenvalue weighted by molar-refractivity contribution is 5.71. The first-order chi connectivity index (χ1) is 38.5. The maximum atomic E-state index is 12.9. The van der Waals surface area contributed by atoms with Gasteiger partial charge in [0, 0.05) is 19.3 Å². The third-order valence-electron chi connectivity index (χ3n) is 14.9. The number of hydrogen-bond acceptors (Lipinski definition) is 6. The second-order valence-electron chi connectivity index (χ2n) is 22.7. The number of unbranched alkanes of at least 4 members (excludes halogenated alkanes) is 39. The lowest BCUT2D eigenvalue weighted by Crippen LogP contribution is -2.30. The molecule has 0 N–H and O–H groups in total. The van der Waals surface area contributed by atoms with Crippen LogP contribution in [0.1, 0.15) is 348 Å². The number of esters is 3. The first-order valence-corrected chi connectivity index (χ1v) is 33.9.